The van der Waals surface area contributed by atoms with Crippen molar-refractivity contribution in [2.45, 2.75) is 4.90 Å². The zero-order chi connectivity index (χ0) is 9.42. The van der Waals surface area contributed by atoms with Crippen LogP contribution < -0.4 is 0 Å². The quantitative estimate of drug-likeness (QED) is 0.690. The normalized spacial score (nSPS) is 11.0. The first-order valence-electron chi connectivity index (χ1n) is 3.63. The molecule has 2 rings (SSSR count). The molecule has 0 fully saturated rings. The molecule has 0 aliphatic carbocycles. The molecule has 0 atom stereocenters. The lowest BCUT2D eigenvalue weighted by Crippen LogP contribution is -1.82. The van der Waals surface area contributed by atoms with E-state index in [-0.39, 0.29) is 5.82 Å². The summed E-state index contributed by atoms with van der Waals surface area (Å²) in [6.45, 7) is 0. The highest BCUT2D eigenvalue weighted by Gasteiger charge is 2.11. The van der Waals surface area contributed by atoms with Crippen LogP contribution in [0, 0.1) is 5.82 Å². The van der Waals surface area contributed by atoms with Crippen molar-refractivity contribution in [1.82, 2.24) is 0 Å². The predicted octanol–water partition coefficient (Wildman–Crippen LogP) is 4.52. The summed E-state index contributed by atoms with van der Waals surface area (Å²) in [5.74, 6) is -0.151. The van der Waals surface area contributed by atoms with Crippen LogP contribution in [0.25, 0.3) is 10.1 Å². The summed E-state index contributed by atoms with van der Waals surface area (Å²) in [7, 11) is 0. The van der Waals surface area contributed by atoms with Crippen molar-refractivity contribution in [2.24, 2.45) is 0 Å². The van der Waals surface area contributed by atoms with E-state index in [9.17, 15) is 4.39 Å². The van der Waals surface area contributed by atoms with Crippen LogP contribution in [0.4, 0.5) is 4.39 Å². The number of benzene rings is 1. The molecule has 1 aromatic carbocycles. The smallest absolute Gasteiger partial charge is 0.152 e. The minimum atomic E-state index is -0.151. The maximum absolute atomic E-state index is 13.5. The molecular formula is C9H6BrFS2. The summed E-state index contributed by atoms with van der Waals surface area (Å²) in [4.78, 5) is 0.736. The first-order valence-corrected chi connectivity index (χ1v) is 6.53. The molecule has 68 valence electrons. The molecule has 1 aromatic heterocycles. The highest BCUT2D eigenvalue weighted by molar-refractivity contribution is 9.10. The summed E-state index contributed by atoms with van der Waals surface area (Å²) in [6.07, 6.45) is 1.89. The van der Waals surface area contributed by atoms with Crippen LogP contribution in [-0.4, -0.2) is 6.26 Å². The zero-order valence-electron chi connectivity index (χ0n) is 6.80. The highest BCUT2D eigenvalue weighted by Crippen LogP contribution is 2.36. The predicted molar refractivity (Wildman–Crippen MR) is 61.3 cm³/mol. The standard InChI is InChI=1S/C9H6BrFS2/c1-12-9-7(11)6(10)4-5-2-3-13-8(5)9/h2-4H,1H3. The maximum atomic E-state index is 13.5. The number of rotatable bonds is 1. The van der Waals surface area contributed by atoms with Crippen molar-refractivity contribution >= 4 is 49.1 Å². The Labute approximate surface area is 92.3 Å². The van der Waals surface area contributed by atoms with Crippen LogP contribution in [-0.2, 0) is 0 Å². The fraction of sp³-hybridized carbons (Fsp3) is 0.111. The molecule has 0 spiro atoms. The molecule has 0 saturated carbocycles. The third-order valence-electron chi connectivity index (χ3n) is 1.80. The van der Waals surface area contributed by atoms with E-state index < -0.39 is 0 Å². The van der Waals surface area contributed by atoms with Gasteiger partial charge in [0.25, 0.3) is 0 Å². The van der Waals surface area contributed by atoms with E-state index >= 15 is 0 Å². The van der Waals surface area contributed by atoms with E-state index in [1.807, 2.05) is 23.8 Å². The van der Waals surface area contributed by atoms with Crippen LogP contribution >= 0.6 is 39.0 Å². The van der Waals surface area contributed by atoms with E-state index in [0.717, 1.165) is 15.0 Å². The molecule has 0 aliphatic heterocycles. The third kappa shape index (κ3) is 1.51. The lowest BCUT2D eigenvalue weighted by atomic mass is 10.2. The van der Waals surface area contributed by atoms with Crippen molar-refractivity contribution in [2.75, 3.05) is 6.26 Å². The molecule has 0 aliphatic rings. The number of thiophene rings is 1. The average Bonchev–Trinajstić information content (AvgIpc) is 2.54. The summed E-state index contributed by atoms with van der Waals surface area (Å²) >= 11 is 6.24. The fourth-order valence-corrected chi connectivity index (χ4v) is 3.58. The topological polar surface area (TPSA) is 0 Å². The molecular weight excluding hydrogens is 271 g/mol. The van der Waals surface area contributed by atoms with Crippen molar-refractivity contribution in [3.63, 3.8) is 0 Å². The van der Waals surface area contributed by atoms with Gasteiger partial charge < -0.3 is 0 Å². The van der Waals surface area contributed by atoms with Crippen LogP contribution in [0.15, 0.2) is 26.9 Å². The van der Waals surface area contributed by atoms with Crippen LogP contribution in [0.1, 0.15) is 0 Å². The number of hydrogen-bond acceptors (Lipinski definition) is 2. The summed E-state index contributed by atoms with van der Waals surface area (Å²) in [5.41, 5.74) is 0. The molecule has 0 N–H and O–H groups in total. The largest absolute Gasteiger partial charge is 0.204 e. The fourth-order valence-electron chi connectivity index (χ4n) is 1.21. The Bertz CT molecular complexity index is 450. The Morgan fingerprint density at radius 3 is 3.00 bits per heavy atom. The summed E-state index contributed by atoms with van der Waals surface area (Å²) in [5, 5.41) is 3.08. The van der Waals surface area contributed by atoms with Gasteiger partial charge in [0.15, 0.2) is 5.82 Å². The summed E-state index contributed by atoms with van der Waals surface area (Å²) in [6, 6.07) is 3.82. The van der Waals surface area contributed by atoms with Gasteiger partial charge >= 0.3 is 0 Å². The monoisotopic (exact) mass is 276 g/mol. The molecule has 0 nitrogen and oxygen atoms in total. The van der Waals surface area contributed by atoms with Crippen molar-refractivity contribution in [3.05, 3.63) is 27.8 Å². The van der Waals surface area contributed by atoms with Crippen molar-refractivity contribution in [1.29, 1.82) is 0 Å². The first-order chi connectivity index (χ1) is 6.24. The van der Waals surface area contributed by atoms with Crippen LogP contribution in [0.3, 0.4) is 0 Å². The highest BCUT2D eigenvalue weighted by atomic mass is 79.9. The van der Waals surface area contributed by atoms with Gasteiger partial charge in [-0.1, -0.05) is 0 Å². The second-order valence-electron chi connectivity index (χ2n) is 2.54. The van der Waals surface area contributed by atoms with Crippen LogP contribution in [0.2, 0.25) is 0 Å². The van der Waals surface area contributed by atoms with E-state index in [1.165, 1.54) is 11.8 Å². The second kappa shape index (κ2) is 3.59. The van der Waals surface area contributed by atoms with Crippen LogP contribution in [0.5, 0.6) is 0 Å². The van der Waals surface area contributed by atoms with Gasteiger partial charge in [0.1, 0.15) is 0 Å². The minimum Gasteiger partial charge on any atom is -0.204 e. The Balaban J connectivity index is 2.87. The Kier molecular flexibility index (Phi) is 2.62. The summed E-state index contributed by atoms with van der Waals surface area (Å²) < 4.78 is 15.1. The van der Waals surface area contributed by atoms with E-state index in [1.54, 1.807) is 11.3 Å². The zero-order valence-corrected chi connectivity index (χ0v) is 10.0. The number of fused-ring (bicyclic) bond motifs is 1. The molecule has 0 bridgehead atoms. The molecule has 0 radical (unpaired) electrons. The SMILES string of the molecule is CSc1c(F)c(Br)cc2ccsc12. The van der Waals surface area contributed by atoms with Gasteiger partial charge in [-0.05, 0) is 45.1 Å². The van der Waals surface area contributed by atoms with Gasteiger partial charge in [0.05, 0.1) is 14.1 Å². The van der Waals surface area contributed by atoms with E-state index in [4.69, 9.17) is 0 Å². The van der Waals surface area contributed by atoms with Crippen molar-refractivity contribution < 1.29 is 4.39 Å². The maximum Gasteiger partial charge on any atom is 0.152 e. The number of halogens is 2. The molecule has 13 heavy (non-hydrogen) atoms. The Morgan fingerprint density at radius 2 is 2.31 bits per heavy atom. The number of thioether (sulfide) groups is 1. The van der Waals surface area contributed by atoms with Gasteiger partial charge in [0.2, 0.25) is 0 Å². The molecule has 4 heteroatoms. The lowest BCUT2D eigenvalue weighted by molar-refractivity contribution is 0.599. The minimum absolute atomic E-state index is 0.151. The third-order valence-corrected chi connectivity index (χ3v) is 4.24. The Morgan fingerprint density at radius 1 is 1.54 bits per heavy atom. The number of hydrogen-bond donors (Lipinski definition) is 0. The molecule has 0 amide bonds. The van der Waals surface area contributed by atoms with Crippen molar-refractivity contribution in [3.8, 4) is 0 Å². The van der Waals surface area contributed by atoms with E-state index in [0.29, 0.717) is 4.47 Å². The second-order valence-corrected chi connectivity index (χ2v) is 5.13. The average molecular weight is 277 g/mol. The molecule has 0 saturated heterocycles. The van der Waals surface area contributed by atoms with Gasteiger partial charge in [-0.15, -0.1) is 23.1 Å². The molecule has 1 heterocycles. The molecule has 2 aromatic rings. The van der Waals surface area contributed by atoms with E-state index in [2.05, 4.69) is 15.9 Å². The lowest BCUT2D eigenvalue weighted by Gasteiger charge is -2.02. The van der Waals surface area contributed by atoms with Gasteiger partial charge in [-0.2, -0.15) is 0 Å². The first kappa shape index (κ1) is 9.49. The molecule has 0 unspecified atom stereocenters. The van der Waals surface area contributed by atoms with Gasteiger partial charge in [0, 0.05) is 0 Å². The van der Waals surface area contributed by atoms with Gasteiger partial charge in [-0.25, -0.2) is 4.39 Å². The Hall–Kier alpha value is -0.0600. The van der Waals surface area contributed by atoms with Gasteiger partial charge in [-0.3, -0.25) is 0 Å².